The van der Waals surface area contributed by atoms with Gasteiger partial charge in [-0.25, -0.2) is 4.98 Å². The molecule has 0 saturated carbocycles. The number of nitrogens with zero attached hydrogens (tertiary/aromatic N) is 2. The quantitative estimate of drug-likeness (QED) is 0.767. The van der Waals surface area contributed by atoms with E-state index in [-0.39, 0.29) is 12.2 Å². The molecule has 0 saturated heterocycles. The van der Waals surface area contributed by atoms with E-state index in [0.29, 0.717) is 23.5 Å². The van der Waals surface area contributed by atoms with Crippen LogP contribution in [-0.4, -0.2) is 26.7 Å². The van der Waals surface area contributed by atoms with Crippen molar-refractivity contribution in [3.05, 3.63) is 58.1 Å². The lowest BCUT2D eigenvalue weighted by Gasteiger charge is -2.08. The third kappa shape index (κ3) is 2.43. The third-order valence-corrected chi connectivity index (χ3v) is 3.47. The van der Waals surface area contributed by atoms with Crippen molar-refractivity contribution in [2.75, 3.05) is 6.61 Å². The maximum absolute atomic E-state index is 12.1. The summed E-state index contributed by atoms with van der Waals surface area (Å²) in [6.45, 7) is 1.71. The molecule has 1 aromatic carbocycles. The molecule has 21 heavy (non-hydrogen) atoms. The van der Waals surface area contributed by atoms with Crippen LogP contribution < -0.4 is 5.56 Å². The lowest BCUT2D eigenvalue weighted by Crippen LogP contribution is -2.18. The molecule has 106 valence electrons. The van der Waals surface area contributed by atoms with Crippen LogP contribution in [0, 0.1) is 6.92 Å². The van der Waals surface area contributed by atoms with Crippen LogP contribution in [0.25, 0.3) is 22.3 Å². The number of H-pyrrole nitrogens is 1. The van der Waals surface area contributed by atoms with E-state index in [0.717, 1.165) is 16.5 Å². The predicted molar refractivity (Wildman–Crippen MR) is 81.1 cm³/mol. The smallest absolute Gasteiger partial charge is 0.254 e. The topological polar surface area (TPSA) is 78.9 Å². The van der Waals surface area contributed by atoms with Gasteiger partial charge in [0, 0.05) is 41.4 Å². The third-order valence-electron chi connectivity index (χ3n) is 3.47. The molecule has 0 aliphatic rings. The number of fused-ring (bicyclic) bond motifs is 1. The molecular weight excluding hydrogens is 266 g/mol. The first-order valence-electron chi connectivity index (χ1n) is 6.75. The fourth-order valence-electron chi connectivity index (χ4n) is 2.44. The van der Waals surface area contributed by atoms with Gasteiger partial charge in [0.1, 0.15) is 5.82 Å². The van der Waals surface area contributed by atoms with Crippen molar-refractivity contribution in [2.24, 2.45) is 0 Å². The number of aliphatic hydroxyl groups excluding tert-OH is 1. The summed E-state index contributed by atoms with van der Waals surface area (Å²) < 4.78 is 0. The fraction of sp³-hybridized carbons (Fsp3) is 0.188. The summed E-state index contributed by atoms with van der Waals surface area (Å²) in [7, 11) is 0. The second-order valence-electron chi connectivity index (χ2n) is 4.83. The van der Waals surface area contributed by atoms with Gasteiger partial charge in [-0.05, 0) is 19.1 Å². The van der Waals surface area contributed by atoms with Crippen molar-refractivity contribution < 1.29 is 5.11 Å². The maximum atomic E-state index is 12.1. The molecule has 0 atom stereocenters. The number of aromatic nitrogens is 3. The van der Waals surface area contributed by atoms with Gasteiger partial charge in [0.15, 0.2) is 0 Å². The highest BCUT2D eigenvalue weighted by atomic mass is 16.3. The van der Waals surface area contributed by atoms with Crippen molar-refractivity contribution in [1.82, 2.24) is 15.0 Å². The molecule has 5 nitrogen and oxygen atoms in total. The number of rotatable bonds is 3. The number of aliphatic hydroxyl groups is 1. The Morgan fingerprint density at radius 3 is 2.81 bits per heavy atom. The number of aryl methyl sites for hydroxylation is 1. The zero-order chi connectivity index (χ0) is 14.8. The number of nitrogens with one attached hydrogen (secondary N) is 1. The lowest BCUT2D eigenvalue weighted by atomic mass is 10.1. The molecule has 0 spiro atoms. The minimum Gasteiger partial charge on any atom is -0.396 e. The van der Waals surface area contributed by atoms with Gasteiger partial charge in [0.25, 0.3) is 5.56 Å². The van der Waals surface area contributed by atoms with Crippen LogP contribution in [0.2, 0.25) is 0 Å². The number of hydrogen-bond donors (Lipinski definition) is 2. The van der Waals surface area contributed by atoms with E-state index in [1.807, 2.05) is 30.3 Å². The number of para-hydroxylation sites is 1. The molecule has 0 fully saturated rings. The minimum atomic E-state index is -0.209. The maximum Gasteiger partial charge on any atom is 0.254 e. The second kappa shape index (κ2) is 5.46. The molecule has 0 bridgehead atoms. The Morgan fingerprint density at radius 2 is 2.05 bits per heavy atom. The Balaban J connectivity index is 2.22. The Morgan fingerprint density at radius 1 is 1.24 bits per heavy atom. The summed E-state index contributed by atoms with van der Waals surface area (Å²) in [4.78, 5) is 23.8. The molecular formula is C16H15N3O2. The van der Waals surface area contributed by atoms with Crippen molar-refractivity contribution in [2.45, 2.75) is 13.3 Å². The summed E-state index contributed by atoms with van der Waals surface area (Å²) in [5.74, 6) is 0.503. The summed E-state index contributed by atoms with van der Waals surface area (Å²) >= 11 is 0. The van der Waals surface area contributed by atoms with E-state index in [1.165, 1.54) is 0 Å². The van der Waals surface area contributed by atoms with Gasteiger partial charge in [0.2, 0.25) is 0 Å². The van der Waals surface area contributed by atoms with Gasteiger partial charge in [-0.15, -0.1) is 0 Å². The monoisotopic (exact) mass is 281 g/mol. The van der Waals surface area contributed by atoms with Crippen molar-refractivity contribution >= 4 is 10.9 Å². The van der Waals surface area contributed by atoms with Crippen molar-refractivity contribution in [3.8, 4) is 11.4 Å². The van der Waals surface area contributed by atoms with E-state index in [1.54, 1.807) is 13.1 Å². The standard InChI is InChI=1S/C16H15N3O2/c1-10-12(7-9-20)16(21)19-15(18-10)13-6-2-4-11-5-3-8-17-14(11)13/h2-6,8,20H,7,9H2,1H3,(H,18,19,21). The molecule has 3 rings (SSSR count). The van der Waals surface area contributed by atoms with Gasteiger partial charge >= 0.3 is 0 Å². The van der Waals surface area contributed by atoms with Crippen LogP contribution in [0.3, 0.4) is 0 Å². The van der Waals surface area contributed by atoms with Gasteiger partial charge in [-0.1, -0.05) is 18.2 Å². The zero-order valence-corrected chi connectivity index (χ0v) is 11.6. The normalized spacial score (nSPS) is 11.0. The van der Waals surface area contributed by atoms with Crippen LogP contribution in [0.1, 0.15) is 11.3 Å². The highest BCUT2D eigenvalue weighted by Crippen LogP contribution is 2.23. The van der Waals surface area contributed by atoms with E-state index < -0.39 is 0 Å². The van der Waals surface area contributed by atoms with E-state index in [2.05, 4.69) is 15.0 Å². The Labute approximate surface area is 121 Å². The fourth-order valence-corrected chi connectivity index (χ4v) is 2.44. The average molecular weight is 281 g/mol. The highest BCUT2D eigenvalue weighted by Gasteiger charge is 2.11. The van der Waals surface area contributed by atoms with Gasteiger partial charge in [0.05, 0.1) is 5.52 Å². The van der Waals surface area contributed by atoms with Crippen LogP contribution in [0.5, 0.6) is 0 Å². The van der Waals surface area contributed by atoms with Gasteiger partial charge < -0.3 is 10.1 Å². The molecule has 2 N–H and O–H groups in total. The SMILES string of the molecule is Cc1nc(-c2cccc3cccnc23)[nH]c(=O)c1CCO. The lowest BCUT2D eigenvalue weighted by molar-refractivity contribution is 0.298. The summed E-state index contributed by atoms with van der Waals surface area (Å²) in [5.41, 5.74) is 2.55. The van der Waals surface area contributed by atoms with Crippen LogP contribution in [-0.2, 0) is 6.42 Å². The number of benzene rings is 1. The zero-order valence-electron chi connectivity index (χ0n) is 11.6. The van der Waals surface area contributed by atoms with Gasteiger partial charge in [-0.2, -0.15) is 0 Å². The number of aromatic amines is 1. The summed E-state index contributed by atoms with van der Waals surface area (Å²) in [6, 6.07) is 9.61. The minimum absolute atomic E-state index is 0.0687. The average Bonchev–Trinajstić information content (AvgIpc) is 2.50. The van der Waals surface area contributed by atoms with Crippen LogP contribution >= 0.6 is 0 Å². The van der Waals surface area contributed by atoms with E-state index >= 15 is 0 Å². The molecule has 0 unspecified atom stereocenters. The molecule has 5 heteroatoms. The Hall–Kier alpha value is -2.53. The van der Waals surface area contributed by atoms with Crippen molar-refractivity contribution in [3.63, 3.8) is 0 Å². The second-order valence-corrected chi connectivity index (χ2v) is 4.83. The first-order chi connectivity index (χ1) is 10.2. The van der Waals surface area contributed by atoms with Crippen molar-refractivity contribution in [1.29, 1.82) is 0 Å². The largest absolute Gasteiger partial charge is 0.396 e. The van der Waals surface area contributed by atoms with Crippen LogP contribution in [0.15, 0.2) is 41.3 Å². The molecule has 0 aliphatic heterocycles. The molecule has 3 aromatic rings. The predicted octanol–water partition coefficient (Wildman–Crippen LogP) is 1.83. The first-order valence-corrected chi connectivity index (χ1v) is 6.75. The first kappa shape index (κ1) is 13.5. The summed E-state index contributed by atoms with van der Waals surface area (Å²) in [6.07, 6.45) is 2.03. The molecule has 0 radical (unpaired) electrons. The van der Waals surface area contributed by atoms with Gasteiger partial charge in [-0.3, -0.25) is 9.78 Å². The highest BCUT2D eigenvalue weighted by molar-refractivity contribution is 5.91. The number of pyridine rings is 1. The molecule has 2 aromatic heterocycles. The molecule has 2 heterocycles. The molecule has 0 amide bonds. The van der Waals surface area contributed by atoms with E-state index in [9.17, 15) is 4.79 Å². The Bertz CT molecular complexity index is 850. The number of hydrogen-bond acceptors (Lipinski definition) is 4. The Kier molecular flexibility index (Phi) is 3.50. The van der Waals surface area contributed by atoms with Crippen LogP contribution in [0.4, 0.5) is 0 Å². The molecule has 0 aliphatic carbocycles. The summed E-state index contributed by atoms with van der Waals surface area (Å²) in [5, 5.41) is 10.0. The van der Waals surface area contributed by atoms with E-state index in [4.69, 9.17) is 5.11 Å².